The SMILES string of the molecule is CC(C)(O)CCOc1ccc(Oc2cccc3c2OC[C@H]3Oc2ccc(C3CC(=O)NS3(=O)=O)cc2)cn1. The normalized spacial score (nSPS) is 19.8. The highest BCUT2D eigenvalue weighted by atomic mass is 32.2. The van der Waals surface area contributed by atoms with Crippen LogP contribution >= 0.6 is 0 Å². The third-order valence-corrected chi connectivity index (χ3v) is 7.87. The van der Waals surface area contributed by atoms with E-state index >= 15 is 0 Å². The van der Waals surface area contributed by atoms with E-state index in [-0.39, 0.29) is 19.1 Å². The second kappa shape index (κ2) is 10.1. The number of aliphatic hydroxyl groups is 1. The molecule has 2 aromatic carbocycles. The molecule has 1 amide bonds. The Bertz CT molecular complexity index is 1420. The molecule has 0 aliphatic carbocycles. The topological polar surface area (TPSA) is 133 Å². The largest absolute Gasteiger partial charge is 0.485 e. The van der Waals surface area contributed by atoms with Crippen molar-refractivity contribution >= 4 is 15.9 Å². The highest BCUT2D eigenvalue weighted by molar-refractivity contribution is 7.90. The van der Waals surface area contributed by atoms with Gasteiger partial charge in [-0.2, -0.15) is 0 Å². The van der Waals surface area contributed by atoms with Gasteiger partial charge >= 0.3 is 0 Å². The number of fused-ring (bicyclic) bond motifs is 1. The van der Waals surface area contributed by atoms with Gasteiger partial charge in [0.1, 0.15) is 23.4 Å². The van der Waals surface area contributed by atoms with Crippen LogP contribution in [0, 0.1) is 0 Å². The minimum Gasteiger partial charge on any atom is -0.485 e. The van der Waals surface area contributed by atoms with Crippen LogP contribution in [0.15, 0.2) is 60.8 Å². The van der Waals surface area contributed by atoms with Crippen LogP contribution < -0.4 is 23.7 Å². The third-order valence-electron chi connectivity index (χ3n) is 6.17. The molecule has 1 unspecified atom stereocenters. The van der Waals surface area contributed by atoms with Gasteiger partial charge in [0.15, 0.2) is 17.6 Å². The van der Waals surface area contributed by atoms with Crippen molar-refractivity contribution < 1.29 is 37.3 Å². The van der Waals surface area contributed by atoms with Crippen molar-refractivity contribution in [1.29, 1.82) is 0 Å². The van der Waals surface area contributed by atoms with Crippen molar-refractivity contribution in [2.24, 2.45) is 0 Å². The van der Waals surface area contributed by atoms with E-state index in [1.807, 2.05) is 16.9 Å². The van der Waals surface area contributed by atoms with Crippen LogP contribution in [0.5, 0.6) is 28.9 Å². The molecule has 0 spiro atoms. The number of carbonyl (C=O) groups is 1. The standard InChI is InChI=1S/C27H28N2O8S/c1-27(2,31)12-13-34-25-11-10-19(15-28-25)37-21-5-3-4-20-22(16-35-26(20)21)36-18-8-6-17(7-9-18)23-14-24(30)29-38(23,32)33/h3-11,15,22-23,31H,12-14,16H2,1-2H3,(H,29,30)/t22-,23?/m1/s1. The van der Waals surface area contributed by atoms with Crippen LogP contribution in [-0.4, -0.2) is 43.2 Å². The Hall–Kier alpha value is -3.83. The number of ether oxygens (including phenoxy) is 4. The molecule has 0 bridgehead atoms. The fraction of sp³-hybridized carbons (Fsp3) is 0.333. The van der Waals surface area contributed by atoms with Gasteiger partial charge in [0, 0.05) is 18.1 Å². The number of para-hydroxylation sites is 1. The Balaban J connectivity index is 1.23. The van der Waals surface area contributed by atoms with Gasteiger partial charge in [-0.3, -0.25) is 9.52 Å². The van der Waals surface area contributed by atoms with Crippen molar-refractivity contribution in [2.75, 3.05) is 13.2 Å². The zero-order valence-corrected chi connectivity index (χ0v) is 21.7. The van der Waals surface area contributed by atoms with Crippen LogP contribution in [0.1, 0.15) is 49.2 Å². The lowest BCUT2D eigenvalue weighted by Crippen LogP contribution is -2.21. The third kappa shape index (κ3) is 5.84. The second-order valence-corrected chi connectivity index (χ2v) is 11.6. The summed E-state index contributed by atoms with van der Waals surface area (Å²) in [5.74, 6) is 2.07. The number of aromatic nitrogens is 1. The van der Waals surface area contributed by atoms with Crippen molar-refractivity contribution in [3.05, 3.63) is 71.9 Å². The minimum absolute atomic E-state index is 0.0948. The highest BCUT2D eigenvalue weighted by Crippen LogP contribution is 2.43. The summed E-state index contributed by atoms with van der Waals surface area (Å²) in [6.07, 6.45) is 1.55. The number of hydrogen-bond donors (Lipinski definition) is 2. The van der Waals surface area contributed by atoms with E-state index in [9.17, 15) is 18.3 Å². The molecule has 1 saturated heterocycles. The maximum absolute atomic E-state index is 12.1. The zero-order valence-electron chi connectivity index (χ0n) is 20.9. The molecule has 2 aliphatic heterocycles. The van der Waals surface area contributed by atoms with E-state index in [4.69, 9.17) is 18.9 Å². The van der Waals surface area contributed by atoms with Crippen molar-refractivity contribution in [2.45, 2.75) is 43.6 Å². The predicted molar refractivity (Wildman–Crippen MR) is 137 cm³/mol. The fourth-order valence-corrected chi connectivity index (χ4v) is 5.61. The Morgan fingerprint density at radius 3 is 2.53 bits per heavy atom. The molecule has 2 aliphatic rings. The van der Waals surface area contributed by atoms with E-state index in [1.165, 1.54) is 0 Å². The number of nitrogens with one attached hydrogen (secondary N) is 1. The second-order valence-electron chi connectivity index (χ2n) is 9.77. The molecule has 1 fully saturated rings. The maximum Gasteiger partial charge on any atom is 0.242 e. The van der Waals surface area contributed by atoms with E-state index in [1.54, 1.807) is 62.5 Å². The summed E-state index contributed by atoms with van der Waals surface area (Å²) in [6, 6.07) is 15.6. The summed E-state index contributed by atoms with van der Waals surface area (Å²) in [5.41, 5.74) is 0.538. The number of amides is 1. The number of rotatable bonds is 9. The highest BCUT2D eigenvalue weighted by Gasteiger charge is 2.38. The van der Waals surface area contributed by atoms with Gasteiger partial charge in [-0.25, -0.2) is 13.4 Å². The van der Waals surface area contributed by atoms with Crippen LogP contribution in [0.2, 0.25) is 0 Å². The summed E-state index contributed by atoms with van der Waals surface area (Å²) in [5, 5.41) is 8.88. The van der Waals surface area contributed by atoms with E-state index in [0.29, 0.717) is 47.5 Å². The molecule has 11 heteroatoms. The molecular formula is C27H28N2O8S. The summed E-state index contributed by atoms with van der Waals surface area (Å²) >= 11 is 0. The molecule has 3 aromatic rings. The van der Waals surface area contributed by atoms with Crippen molar-refractivity contribution in [3.8, 4) is 28.9 Å². The Morgan fingerprint density at radius 1 is 1.11 bits per heavy atom. The minimum atomic E-state index is -3.70. The lowest BCUT2D eigenvalue weighted by Gasteiger charge is -2.16. The maximum atomic E-state index is 12.1. The molecular weight excluding hydrogens is 512 g/mol. The molecule has 10 nitrogen and oxygen atoms in total. The van der Waals surface area contributed by atoms with Gasteiger partial charge in [-0.05, 0) is 43.7 Å². The number of sulfonamides is 1. The van der Waals surface area contributed by atoms with Crippen LogP contribution in [-0.2, 0) is 14.8 Å². The van der Waals surface area contributed by atoms with E-state index in [0.717, 1.165) is 5.56 Å². The average molecular weight is 541 g/mol. The summed E-state index contributed by atoms with van der Waals surface area (Å²) in [7, 11) is -3.70. The number of benzene rings is 2. The molecule has 38 heavy (non-hydrogen) atoms. The van der Waals surface area contributed by atoms with E-state index in [2.05, 4.69) is 4.98 Å². The zero-order chi connectivity index (χ0) is 26.9. The number of nitrogens with zero attached hydrogens (tertiary/aromatic N) is 1. The van der Waals surface area contributed by atoms with Gasteiger partial charge in [0.25, 0.3) is 0 Å². The Labute approximate surface area is 220 Å². The van der Waals surface area contributed by atoms with Gasteiger partial charge in [0.2, 0.25) is 21.8 Å². The summed E-state index contributed by atoms with van der Waals surface area (Å²) in [6.45, 7) is 4.07. The molecule has 3 heterocycles. The molecule has 0 radical (unpaired) electrons. The smallest absolute Gasteiger partial charge is 0.242 e. The van der Waals surface area contributed by atoms with Crippen LogP contribution in [0.3, 0.4) is 0 Å². The molecule has 2 atom stereocenters. The predicted octanol–water partition coefficient (Wildman–Crippen LogP) is 3.82. The van der Waals surface area contributed by atoms with Crippen LogP contribution in [0.4, 0.5) is 0 Å². The Morgan fingerprint density at radius 2 is 1.87 bits per heavy atom. The lowest BCUT2D eigenvalue weighted by atomic mass is 10.1. The number of hydrogen-bond acceptors (Lipinski definition) is 9. The van der Waals surface area contributed by atoms with Gasteiger partial charge in [-0.1, -0.05) is 24.3 Å². The van der Waals surface area contributed by atoms with Crippen LogP contribution in [0.25, 0.3) is 0 Å². The summed E-state index contributed by atoms with van der Waals surface area (Å²) in [4.78, 5) is 15.8. The quantitative estimate of drug-likeness (QED) is 0.415. The van der Waals surface area contributed by atoms with Crippen molar-refractivity contribution in [3.63, 3.8) is 0 Å². The first-order valence-electron chi connectivity index (χ1n) is 12.1. The summed E-state index contributed by atoms with van der Waals surface area (Å²) < 4.78 is 49.8. The number of pyridine rings is 1. The molecule has 2 N–H and O–H groups in total. The van der Waals surface area contributed by atoms with E-state index < -0.39 is 26.8 Å². The van der Waals surface area contributed by atoms with Crippen molar-refractivity contribution in [1.82, 2.24) is 9.71 Å². The average Bonchev–Trinajstić information content (AvgIpc) is 3.39. The first kappa shape index (κ1) is 25.8. The lowest BCUT2D eigenvalue weighted by molar-refractivity contribution is -0.118. The monoisotopic (exact) mass is 540 g/mol. The first-order valence-corrected chi connectivity index (χ1v) is 13.7. The molecule has 5 rings (SSSR count). The molecule has 200 valence electrons. The van der Waals surface area contributed by atoms with Gasteiger partial charge in [0.05, 0.1) is 24.8 Å². The Kier molecular flexibility index (Phi) is 6.89. The molecule has 0 saturated carbocycles. The fourth-order valence-electron chi connectivity index (χ4n) is 4.18. The first-order chi connectivity index (χ1) is 18.1. The molecule has 1 aromatic heterocycles. The number of carbonyl (C=O) groups excluding carboxylic acids is 1. The van der Waals surface area contributed by atoms with Gasteiger partial charge < -0.3 is 24.1 Å². The van der Waals surface area contributed by atoms with Gasteiger partial charge in [-0.15, -0.1) is 0 Å².